The number of hydrogen-bond acceptors (Lipinski definition) is 1. The number of aryl methyl sites for hydroxylation is 1. The third kappa shape index (κ3) is 2.65. The van der Waals surface area contributed by atoms with Gasteiger partial charge in [0.2, 0.25) is 0 Å². The maximum Gasteiger partial charge on any atom is 0.0846 e. The molecule has 0 saturated carbocycles. The molecule has 0 bridgehead atoms. The number of benzene rings is 2. The maximum absolute atomic E-state index is 6.58. The van der Waals surface area contributed by atoms with E-state index in [-0.39, 0.29) is 5.38 Å². The summed E-state index contributed by atoms with van der Waals surface area (Å²) in [6.07, 6.45) is 0. The van der Waals surface area contributed by atoms with Crippen LogP contribution in [0.2, 0.25) is 0 Å². The molecule has 0 fully saturated rings. The Morgan fingerprint density at radius 2 is 1.50 bits per heavy atom. The Morgan fingerprint density at radius 3 is 2.10 bits per heavy atom. The average molecular weight is 299 g/mol. The molecule has 1 aromatic heterocycles. The van der Waals surface area contributed by atoms with Crippen molar-refractivity contribution in [2.75, 3.05) is 0 Å². The smallest absolute Gasteiger partial charge is 0.0846 e. The predicted octanol–water partition coefficient (Wildman–Crippen LogP) is 6.05. The number of thiophene rings is 1. The summed E-state index contributed by atoms with van der Waals surface area (Å²) >= 11 is 8.29. The molecular weight excluding hydrogens is 284 g/mol. The molecule has 0 N–H and O–H groups in total. The summed E-state index contributed by atoms with van der Waals surface area (Å²) in [7, 11) is 0. The Labute approximate surface area is 128 Å². The molecule has 0 amide bonds. The first-order chi connectivity index (χ1) is 9.75. The van der Waals surface area contributed by atoms with Crippen LogP contribution >= 0.6 is 22.9 Å². The fraction of sp³-hybridized carbons (Fsp3) is 0.111. The van der Waals surface area contributed by atoms with Crippen molar-refractivity contribution in [2.24, 2.45) is 0 Å². The van der Waals surface area contributed by atoms with Gasteiger partial charge in [0.05, 0.1) is 5.38 Å². The van der Waals surface area contributed by atoms with Crippen LogP contribution in [0, 0.1) is 6.92 Å². The van der Waals surface area contributed by atoms with Gasteiger partial charge in [-0.05, 0) is 45.5 Å². The Balaban J connectivity index is 1.89. The minimum atomic E-state index is -0.0638. The van der Waals surface area contributed by atoms with E-state index in [9.17, 15) is 0 Å². The third-order valence-corrected chi connectivity index (χ3v) is 4.85. The van der Waals surface area contributed by atoms with E-state index in [1.807, 2.05) is 6.07 Å². The standard InChI is InChI=1S/C18H15ClS/c1-13-11-20-12-17(13)18(19)16-9-7-15(8-10-16)14-5-3-2-4-6-14/h2-12,18H,1H3. The van der Waals surface area contributed by atoms with Gasteiger partial charge in [0.25, 0.3) is 0 Å². The van der Waals surface area contributed by atoms with Crippen LogP contribution in [-0.4, -0.2) is 0 Å². The number of hydrogen-bond donors (Lipinski definition) is 0. The SMILES string of the molecule is Cc1cscc1C(Cl)c1ccc(-c2ccccc2)cc1. The van der Waals surface area contributed by atoms with Crippen LogP contribution in [0.5, 0.6) is 0 Å². The molecule has 3 aromatic rings. The van der Waals surface area contributed by atoms with Crippen molar-refractivity contribution < 1.29 is 0 Å². The molecule has 1 atom stereocenters. The second-order valence-electron chi connectivity index (χ2n) is 4.86. The van der Waals surface area contributed by atoms with Gasteiger partial charge in [0.15, 0.2) is 0 Å². The van der Waals surface area contributed by atoms with Crippen LogP contribution in [0.15, 0.2) is 65.4 Å². The fourth-order valence-electron chi connectivity index (χ4n) is 2.28. The second-order valence-corrected chi connectivity index (χ2v) is 6.04. The van der Waals surface area contributed by atoms with Crippen LogP contribution in [0.1, 0.15) is 22.1 Å². The van der Waals surface area contributed by atoms with Gasteiger partial charge in [-0.15, -0.1) is 11.6 Å². The molecule has 0 aliphatic rings. The summed E-state index contributed by atoms with van der Waals surface area (Å²) in [5.74, 6) is 0. The fourth-order valence-corrected chi connectivity index (χ4v) is 3.62. The molecule has 0 nitrogen and oxygen atoms in total. The van der Waals surface area contributed by atoms with Crippen molar-refractivity contribution in [3.8, 4) is 11.1 Å². The first-order valence-electron chi connectivity index (χ1n) is 6.58. The van der Waals surface area contributed by atoms with Crippen LogP contribution in [0.4, 0.5) is 0 Å². The average Bonchev–Trinajstić information content (AvgIpc) is 2.94. The van der Waals surface area contributed by atoms with Crippen molar-refractivity contribution in [3.05, 3.63) is 82.0 Å². The highest BCUT2D eigenvalue weighted by Crippen LogP contribution is 2.33. The third-order valence-electron chi connectivity index (χ3n) is 3.48. The minimum absolute atomic E-state index is 0.0638. The topological polar surface area (TPSA) is 0 Å². The van der Waals surface area contributed by atoms with Crippen molar-refractivity contribution >= 4 is 22.9 Å². The lowest BCUT2D eigenvalue weighted by molar-refractivity contribution is 1.13. The largest absolute Gasteiger partial charge is 0.152 e. The first kappa shape index (κ1) is 13.4. The molecule has 3 rings (SSSR count). The lowest BCUT2D eigenvalue weighted by Gasteiger charge is -2.11. The van der Waals surface area contributed by atoms with Gasteiger partial charge in [-0.1, -0.05) is 54.6 Å². The van der Waals surface area contributed by atoms with Gasteiger partial charge in [-0.2, -0.15) is 11.3 Å². The molecule has 2 aromatic carbocycles. The molecule has 0 saturated heterocycles. The van der Waals surface area contributed by atoms with E-state index in [0.717, 1.165) is 5.56 Å². The van der Waals surface area contributed by atoms with Crippen LogP contribution in [0.3, 0.4) is 0 Å². The molecule has 0 aliphatic heterocycles. The summed E-state index contributed by atoms with van der Waals surface area (Å²) in [6, 6.07) is 18.9. The van der Waals surface area contributed by atoms with Crippen LogP contribution in [-0.2, 0) is 0 Å². The lowest BCUT2D eigenvalue weighted by Crippen LogP contribution is -1.93. The molecule has 0 spiro atoms. The molecular formula is C18H15ClS. The zero-order chi connectivity index (χ0) is 13.9. The minimum Gasteiger partial charge on any atom is -0.152 e. The summed E-state index contributed by atoms with van der Waals surface area (Å²) in [5.41, 5.74) is 6.08. The van der Waals surface area contributed by atoms with E-state index in [1.165, 1.54) is 22.3 Å². The Hall–Kier alpha value is -1.57. The van der Waals surface area contributed by atoms with E-state index < -0.39 is 0 Å². The quantitative estimate of drug-likeness (QED) is 0.516. The molecule has 2 heteroatoms. The lowest BCUT2D eigenvalue weighted by atomic mass is 10.00. The zero-order valence-corrected chi connectivity index (χ0v) is 12.8. The van der Waals surface area contributed by atoms with E-state index in [2.05, 4.69) is 66.2 Å². The van der Waals surface area contributed by atoms with Gasteiger partial charge < -0.3 is 0 Å². The Morgan fingerprint density at radius 1 is 0.850 bits per heavy atom. The van der Waals surface area contributed by atoms with Crippen molar-refractivity contribution in [2.45, 2.75) is 12.3 Å². The second kappa shape index (κ2) is 5.82. The highest BCUT2D eigenvalue weighted by molar-refractivity contribution is 7.08. The molecule has 100 valence electrons. The van der Waals surface area contributed by atoms with E-state index in [0.29, 0.717) is 0 Å². The van der Waals surface area contributed by atoms with Crippen molar-refractivity contribution in [3.63, 3.8) is 0 Å². The van der Waals surface area contributed by atoms with Crippen LogP contribution in [0.25, 0.3) is 11.1 Å². The van der Waals surface area contributed by atoms with E-state index in [4.69, 9.17) is 11.6 Å². The number of halogens is 1. The van der Waals surface area contributed by atoms with Gasteiger partial charge in [-0.3, -0.25) is 0 Å². The highest BCUT2D eigenvalue weighted by Gasteiger charge is 2.13. The molecule has 1 unspecified atom stereocenters. The normalized spacial score (nSPS) is 12.3. The summed E-state index contributed by atoms with van der Waals surface area (Å²) < 4.78 is 0. The van der Waals surface area contributed by atoms with E-state index in [1.54, 1.807) is 11.3 Å². The van der Waals surface area contributed by atoms with Gasteiger partial charge in [-0.25, -0.2) is 0 Å². The predicted molar refractivity (Wildman–Crippen MR) is 88.6 cm³/mol. The summed E-state index contributed by atoms with van der Waals surface area (Å²) in [5, 5.41) is 4.22. The van der Waals surface area contributed by atoms with Crippen LogP contribution < -0.4 is 0 Å². The van der Waals surface area contributed by atoms with Gasteiger partial charge >= 0.3 is 0 Å². The maximum atomic E-state index is 6.58. The molecule has 1 heterocycles. The van der Waals surface area contributed by atoms with Gasteiger partial charge in [0, 0.05) is 0 Å². The van der Waals surface area contributed by atoms with Crippen molar-refractivity contribution in [1.29, 1.82) is 0 Å². The zero-order valence-electron chi connectivity index (χ0n) is 11.2. The van der Waals surface area contributed by atoms with Crippen molar-refractivity contribution in [1.82, 2.24) is 0 Å². The summed E-state index contributed by atoms with van der Waals surface area (Å²) in [6.45, 7) is 2.11. The summed E-state index contributed by atoms with van der Waals surface area (Å²) in [4.78, 5) is 0. The Bertz CT molecular complexity index is 683. The van der Waals surface area contributed by atoms with Gasteiger partial charge in [0.1, 0.15) is 0 Å². The molecule has 0 aliphatic carbocycles. The number of alkyl halides is 1. The number of rotatable bonds is 3. The molecule has 20 heavy (non-hydrogen) atoms. The Kier molecular flexibility index (Phi) is 3.90. The highest BCUT2D eigenvalue weighted by atomic mass is 35.5. The monoisotopic (exact) mass is 298 g/mol. The molecule has 0 radical (unpaired) electrons. The first-order valence-corrected chi connectivity index (χ1v) is 7.96. The van der Waals surface area contributed by atoms with E-state index >= 15 is 0 Å².